The van der Waals surface area contributed by atoms with E-state index < -0.39 is 0 Å². The third-order valence-electron chi connectivity index (χ3n) is 1.85. The molecule has 1 aromatic rings. The first-order chi connectivity index (χ1) is 6.13. The van der Waals surface area contributed by atoms with Gasteiger partial charge in [0.15, 0.2) is 5.82 Å². The zero-order valence-electron chi connectivity index (χ0n) is 7.99. The lowest BCUT2D eigenvalue weighted by Gasteiger charge is -2.03. The lowest BCUT2D eigenvalue weighted by molar-refractivity contribution is 0.488. The van der Waals surface area contributed by atoms with E-state index in [9.17, 15) is 0 Å². The Hall–Kier alpha value is -1.50. The highest BCUT2D eigenvalue weighted by Crippen LogP contribution is 2.08. The fraction of sp³-hybridized carbons (Fsp3) is 0.556. The Morgan fingerprint density at radius 3 is 2.85 bits per heavy atom. The molecule has 0 aromatic carbocycles. The van der Waals surface area contributed by atoms with Crippen LogP contribution in [-0.4, -0.2) is 9.78 Å². The molecule has 0 saturated heterocycles. The van der Waals surface area contributed by atoms with Gasteiger partial charge in [0.05, 0.1) is 0 Å². The second-order valence-corrected chi connectivity index (χ2v) is 3.49. The van der Waals surface area contributed by atoms with Crippen LogP contribution in [0.3, 0.4) is 0 Å². The zero-order chi connectivity index (χ0) is 9.84. The van der Waals surface area contributed by atoms with Gasteiger partial charge in [0.2, 0.25) is 0 Å². The van der Waals surface area contributed by atoms with Crippen LogP contribution in [0.15, 0.2) is 6.20 Å². The molecule has 1 heterocycles. The number of nitrogen functional groups attached to an aromatic ring is 1. The van der Waals surface area contributed by atoms with Gasteiger partial charge in [-0.1, -0.05) is 13.8 Å². The van der Waals surface area contributed by atoms with Gasteiger partial charge in [0.1, 0.15) is 11.6 Å². The van der Waals surface area contributed by atoms with E-state index in [1.165, 1.54) is 0 Å². The first kappa shape index (κ1) is 9.59. The van der Waals surface area contributed by atoms with Crippen LogP contribution in [0.1, 0.15) is 25.8 Å². The Kier molecular flexibility index (Phi) is 2.91. The van der Waals surface area contributed by atoms with Gasteiger partial charge in [-0.05, 0) is 12.3 Å². The SMILES string of the molecule is CC(C)CCn1cc(C#N)c(N)n1. The van der Waals surface area contributed by atoms with Crippen molar-refractivity contribution in [2.75, 3.05) is 5.73 Å². The van der Waals surface area contributed by atoms with Crippen molar-refractivity contribution in [2.45, 2.75) is 26.8 Å². The summed E-state index contributed by atoms with van der Waals surface area (Å²) in [5, 5.41) is 12.7. The highest BCUT2D eigenvalue weighted by Gasteiger charge is 2.04. The highest BCUT2D eigenvalue weighted by atomic mass is 15.3. The van der Waals surface area contributed by atoms with Crippen LogP contribution in [0.2, 0.25) is 0 Å². The van der Waals surface area contributed by atoms with Crippen molar-refractivity contribution in [3.05, 3.63) is 11.8 Å². The molecule has 0 aliphatic rings. The first-order valence-electron chi connectivity index (χ1n) is 4.36. The molecule has 0 amide bonds. The largest absolute Gasteiger partial charge is 0.381 e. The molecule has 0 atom stereocenters. The quantitative estimate of drug-likeness (QED) is 0.760. The maximum absolute atomic E-state index is 8.63. The maximum atomic E-state index is 8.63. The smallest absolute Gasteiger partial charge is 0.163 e. The highest BCUT2D eigenvalue weighted by molar-refractivity contribution is 5.46. The minimum absolute atomic E-state index is 0.325. The lowest BCUT2D eigenvalue weighted by atomic mass is 10.1. The standard InChI is InChI=1S/C9H14N4/c1-7(2)3-4-13-6-8(5-10)9(11)12-13/h6-7H,3-4H2,1-2H3,(H2,11,12). The van der Waals surface area contributed by atoms with Crippen molar-refractivity contribution in [3.63, 3.8) is 0 Å². The minimum atomic E-state index is 0.325. The molecule has 0 aliphatic carbocycles. The van der Waals surface area contributed by atoms with E-state index in [-0.39, 0.29) is 0 Å². The number of hydrogen-bond donors (Lipinski definition) is 1. The third-order valence-corrected chi connectivity index (χ3v) is 1.85. The summed E-state index contributed by atoms with van der Waals surface area (Å²) in [4.78, 5) is 0. The van der Waals surface area contributed by atoms with Crippen molar-refractivity contribution >= 4 is 5.82 Å². The molecule has 1 aromatic heterocycles. The number of rotatable bonds is 3. The second kappa shape index (κ2) is 3.94. The summed E-state index contributed by atoms with van der Waals surface area (Å²) in [6.07, 6.45) is 2.74. The van der Waals surface area contributed by atoms with Gasteiger partial charge in [-0.3, -0.25) is 4.68 Å². The molecular weight excluding hydrogens is 164 g/mol. The van der Waals surface area contributed by atoms with Gasteiger partial charge < -0.3 is 5.73 Å². The summed E-state index contributed by atoms with van der Waals surface area (Å²) >= 11 is 0. The van der Waals surface area contributed by atoms with Crippen LogP contribution in [0.25, 0.3) is 0 Å². The fourth-order valence-corrected chi connectivity index (χ4v) is 1.03. The van der Waals surface area contributed by atoms with Crippen molar-refractivity contribution in [1.29, 1.82) is 5.26 Å². The Morgan fingerprint density at radius 1 is 1.69 bits per heavy atom. The number of nitrogens with two attached hydrogens (primary N) is 1. The average Bonchev–Trinajstić information content (AvgIpc) is 2.43. The molecule has 2 N–H and O–H groups in total. The molecule has 13 heavy (non-hydrogen) atoms. The molecule has 0 saturated carbocycles. The van der Waals surface area contributed by atoms with Gasteiger partial charge in [-0.2, -0.15) is 10.4 Å². The van der Waals surface area contributed by atoms with Gasteiger partial charge in [0, 0.05) is 12.7 Å². The number of anilines is 1. The predicted molar refractivity (Wildman–Crippen MR) is 50.8 cm³/mol. The monoisotopic (exact) mass is 178 g/mol. The van der Waals surface area contributed by atoms with Crippen molar-refractivity contribution in [1.82, 2.24) is 9.78 Å². The molecule has 0 bridgehead atoms. The summed E-state index contributed by atoms with van der Waals surface area (Å²) in [7, 11) is 0. The normalized spacial score (nSPS) is 10.3. The summed E-state index contributed by atoms with van der Waals surface area (Å²) < 4.78 is 1.73. The van der Waals surface area contributed by atoms with E-state index in [4.69, 9.17) is 11.0 Å². The van der Waals surface area contributed by atoms with Gasteiger partial charge >= 0.3 is 0 Å². The van der Waals surface area contributed by atoms with E-state index in [0.29, 0.717) is 17.3 Å². The van der Waals surface area contributed by atoms with E-state index in [0.717, 1.165) is 13.0 Å². The number of aromatic nitrogens is 2. The molecule has 70 valence electrons. The first-order valence-corrected chi connectivity index (χ1v) is 4.36. The molecule has 4 heteroatoms. The number of nitriles is 1. The molecule has 0 fully saturated rings. The minimum Gasteiger partial charge on any atom is -0.381 e. The summed E-state index contributed by atoms with van der Waals surface area (Å²) in [5.74, 6) is 0.960. The molecule has 1 rings (SSSR count). The van der Waals surface area contributed by atoms with Gasteiger partial charge in [-0.25, -0.2) is 0 Å². The lowest BCUT2D eigenvalue weighted by Crippen LogP contribution is -2.02. The summed E-state index contributed by atoms with van der Waals surface area (Å²) in [5.41, 5.74) is 5.97. The van der Waals surface area contributed by atoms with Crippen molar-refractivity contribution in [3.8, 4) is 6.07 Å². The molecular formula is C9H14N4. The molecule has 0 spiro atoms. The zero-order valence-corrected chi connectivity index (χ0v) is 7.99. The molecule has 0 aliphatic heterocycles. The molecule has 0 radical (unpaired) electrons. The van der Waals surface area contributed by atoms with Crippen LogP contribution in [0.5, 0.6) is 0 Å². The third kappa shape index (κ3) is 2.48. The van der Waals surface area contributed by atoms with Crippen LogP contribution in [0, 0.1) is 17.2 Å². The number of hydrogen-bond acceptors (Lipinski definition) is 3. The Balaban J connectivity index is 2.64. The summed E-state index contributed by atoms with van der Waals surface area (Å²) in [6, 6.07) is 1.99. The molecule has 4 nitrogen and oxygen atoms in total. The van der Waals surface area contributed by atoms with Crippen LogP contribution >= 0.6 is 0 Å². The van der Waals surface area contributed by atoms with E-state index in [1.807, 2.05) is 6.07 Å². The predicted octanol–water partition coefficient (Wildman–Crippen LogP) is 1.38. The van der Waals surface area contributed by atoms with E-state index in [1.54, 1.807) is 10.9 Å². The molecule has 0 unspecified atom stereocenters. The summed E-state index contributed by atoms with van der Waals surface area (Å²) in [6.45, 7) is 5.12. The van der Waals surface area contributed by atoms with Gasteiger partial charge in [-0.15, -0.1) is 0 Å². The number of nitrogens with zero attached hydrogens (tertiary/aromatic N) is 3. The Labute approximate surface area is 78.0 Å². The van der Waals surface area contributed by atoms with Crippen LogP contribution in [-0.2, 0) is 6.54 Å². The van der Waals surface area contributed by atoms with Crippen LogP contribution < -0.4 is 5.73 Å². The number of aryl methyl sites for hydroxylation is 1. The van der Waals surface area contributed by atoms with Crippen molar-refractivity contribution < 1.29 is 0 Å². The topological polar surface area (TPSA) is 67.6 Å². The fourth-order valence-electron chi connectivity index (χ4n) is 1.03. The second-order valence-electron chi connectivity index (χ2n) is 3.49. The van der Waals surface area contributed by atoms with E-state index in [2.05, 4.69) is 18.9 Å². The van der Waals surface area contributed by atoms with Gasteiger partial charge in [0.25, 0.3) is 0 Å². The average molecular weight is 178 g/mol. The Morgan fingerprint density at radius 2 is 2.38 bits per heavy atom. The Bertz CT molecular complexity index is 319. The van der Waals surface area contributed by atoms with Crippen molar-refractivity contribution in [2.24, 2.45) is 5.92 Å². The maximum Gasteiger partial charge on any atom is 0.163 e. The van der Waals surface area contributed by atoms with E-state index >= 15 is 0 Å². The van der Waals surface area contributed by atoms with Crippen LogP contribution in [0.4, 0.5) is 5.82 Å².